The van der Waals surface area contributed by atoms with Crippen molar-refractivity contribution in [2.45, 2.75) is 6.42 Å². The highest BCUT2D eigenvalue weighted by molar-refractivity contribution is 7.19. The number of thiazole rings is 1. The van der Waals surface area contributed by atoms with Gasteiger partial charge in [0.1, 0.15) is 5.01 Å². The molecular weight excluding hydrogens is 338 g/mol. The van der Waals surface area contributed by atoms with Crippen LogP contribution in [0.2, 0.25) is 0 Å². The highest BCUT2D eigenvalue weighted by Crippen LogP contribution is 2.35. The van der Waals surface area contributed by atoms with Gasteiger partial charge in [0.2, 0.25) is 0 Å². The standard InChI is InChI=1S/C19H17NO4S/c1-23-15-8-5-6-12(18(15)24-2)10-13(11-17(21)22)19-20-14-7-3-4-9-16(14)25-19/h3-10H,11H2,1-2H3,(H,21,22)/b13-10+. The third kappa shape index (κ3) is 3.64. The first-order chi connectivity index (χ1) is 12.1. The highest BCUT2D eigenvalue weighted by atomic mass is 32.1. The van der Waals surface area contributed by atoms with E-state index < -0.39 is 5.97 Å². The van der Waals surface area contributed by atoms with E-state index in [-0.39, 0.29) is 6.42 Å². The van der Waals surface area contributed by atoms with Crippen molar-refractivity contribution in [1.82, 2.24) is 4.98 Å². The molecule has 3 aromatic rings. The highest BCUT2D eigenvalue weighted by Gasteiger charge is 2.15. The molecule has 0 aliphatic heterocycles. The molecule has 0 saturated heterocycles. The Morgan fingerprint density at radius 2 is 1.96 bits per heavy atom. The Hall–Kier alpha value is -2.86. The molecule has 0 aliphatic rings. The van der Waals surface area contributed by atoms with Gasteiger partial charge >= 0.3 is 5.97 Å². The first-order valence-electron chi connectivity index (χ1n) is 7.61. The van der Waals surface area contributed by atoms with Crippen LogP contribution in [0.3, 0.4) is 0 Å². The van der Waals surface area contributed by atoms with Crippen LogP contribution in [0.1, 0.15) is 17.0 Å². The zero-order valence-electron chi connectivity index (χ0n) is 13.9. The summed E-state index contributed by atoms with van der Waals surface area (Å²) in [4.78, 5) is 15.9. The lowest BCUT2D eigenvalue weighted by atomic mass is 10.1. The number of fused-ring (bicyclic) bond motifs is 1. The molecule has 0 fully saturated rings. The largest absolute Gasteiger partial charge is 0.493 e. The number of hydrogen-bond donors (Lipinski definition) is 1. The van der Waals surface area contributed by atoms with E-state index in [1.54, 1.807) is 26.4 Å². The second-order valence-electron chi connectivity index (χ2n) is 5.31. The summed E-state index contributed by atoms with van der Waals surface area (Å²) >= 11 is 1.48. The summed E-state index contributed by atoms with van der Waals surface area (Å²) in [5, 5.41) is 9.99. The van der Waals surface area contributed by atoms with Crippen LogP contribution in [0.15, 0.2) is 42.5 Å². The van der Waals surface area contributed by atoms with E-state index in [0.29, 0.717) is 22.1 Å². The van der Waals surface area contributed by atoms with Crippen LogP contribution in [-0.2, 0) is 4.79 Å². The fourth-order valence-corrected chi connectivity index (χ4v) is 3.55. The van der Waals surface area contributed by atoms with Crippen LogP contribution in [-0.4, -0.2) is 30.3 Å². The van der Waals surface area contributed by atoms with E-state index in [2.05, 4.69) is 4.98 Å². The number of methoxy groups -OCH3 is 2. The van der Waals surface area contributed by atoms with Gasteiger partial charge in [-0.15, -0.1) is 11.3 Å². The smallest absolute Gasteiger partial charge is 0.307 e. The Balaban J connectivity index is 2.13. The van der Waals surface area contributed by atoms with E-state index >= 15 is 0 Å². The number of para-hydroxylation sites is 2. The molecule has 2 aromatic carbocycles. The van der Waals surface area contributed by atoms with Crippen LogP contribution in [0.5, 0.6) is 11.5 Å². The van der Waals surface area contributed by atoms with Gasteiger partial charge in [-0.05, 0) is 29.8 Å². The number of carboxylic acid groups (broad SMARTS) is 1. The van der Waals surface area contributed by atoms with Gasteiger partial charge in [-0.1, -0.05) is 24.3 Å². The lowest BCUT2D eigenvalue weighted by Crippen LogP contribution is -1.98. The Morgan fingerprint density at radius 1 is 1.16 bits per heavy atom. The normalized spacial score (nSPS) is 11.5. The molecule has 6 heteroatoms. The first-order valence-corrected chi connectivity index (χ1v) is 8.43. The van der Waals surface area contributed by atoms with Crippen molar-refractivity contribution in [3.8, 4) is 11.5 Å². The summed E-state index contributed by atoms with van der Waals surface area (Å²) in [5.41, 5.74) is 2.23. The van der Waals surface area contributed by atoms with E-state index in [9.17, 15) is 9.90 Å². The number of hydrogen-bond acceptors (Lipinski definition) is 5. The molecule has 0 spiro atoms. The predicted molar refractivity (Wildman–Crippen MR) is 99.3 cm³/mol. The van der Waals surface area contributed by atoms with Crippen molar-refractivity contribution < 1.29 is 19.4 Å². The van der Waals surface area contributed by atoms with Gasteiger partial charge in [-0.25, -0.2) is 4.98 Å². The average molecular weight is 355 g/mol. The van der Waals surface area contributed by atoms with Crippen molar-refractivity contribution in [2.75, 3.05) is 14.2 Å². The maximum atomic E-state index is 11.3. The maximum Gasteiger partial charge on any atom is 0.307 e. The molecule has 3 rings (SSSR count). The number of carbonyl (C=O) groups is 1. The van der Waals surface area contributed by atoms with Crippen LogP contribution >= 0.6 is 11.3 Å². The van der Waals surface area contributed by atoms with Gasteiger partial charge in [0.05, 0.1) is 30.9 Å². The summed E-state index contributed by atoms with van der Waals surface area (Å²) in [7, 11) is 3.13. The van der Waals surface area contributed by atoms with Gasteiger partial charge in [0.15, 0.2) is 11.5 Å². The van der Waals surface area contributed by atoms with E-state index in [0.717, 1.165) is 15.8 Å². The Morgan fingerprint density at radius 3 is 2.64 bits per heavy atom. The molecule has 0 unspecified atom stereocenters. The SMILES string of the molecule is COc1cccc(/C=C(\CC(=O)O)c2nc3ccccc3s2)c1OC. The van der Waals surface area contributed by atoms with Crippen LogP contribution < -0.4 is 9.47 Å². The molecule has 0 radical (unpaired) electrons. The van der Waals surface area contributed by atoms with E-state index in [1.807, 2.05) is 36.4 Å². The number of aromatic nitrogens is 1. The van der Waals surface area contributed by atoms with Gasteiger partial charge < -0.3 is 14.6 Å². The fourth-order valence-electron chi connectivity index (χ4n) is 2.57. The minimum atomic E-state index is -0.910. The van der Waals surface area contributed by atoms with Crippen LogP contribution in [0, 0.1) is 0 Å². The lowest BCUT2D eigenvalue weighted by molar-refractivity contribution is -0.135. The summed E-state index contributed by atoms with van der Waals surface area (Å²) in [5.74, 6) is 0.247. The monoisotopic (exact) mass is 355 g/mol. The third-order valence-electron chi connectivity index (χ3n) is 3.67. The zero-order valence-corrected chi connectivity index (χ0v) is 14.7. The molecule has 0 atom stereocenters. The molecular formula is C19H17NO4S. The Kier molecular flexibility index (Phi) is 5.00. The number of carboxylic acids is 1. The molecule has 25 heavy (non-hydrogen) atoms. The predicted octanol–water partition coefficient (Wildman–Crippen LogP) is 4.33. The molecule has 1 N–H and O–H groups in total. The molecule has 5 nitrogen and oxygen atoms in total. The van der Waals surface area contributed by atoms with Crippen LogP contribution in [0.25, 0.3) is 21.9 Å². The van der Waals surface area contributed by atoms with Gasteiger partial charge in [-0.3, -0.25) is 4.79 Å². The number of nitrogens with zero attached hydrogens (tertiary/aromatic N) is 1. The number of benzene rings is 2. The van der Waals surface area contributed by atoms with Gasteiger partial charge in [0.25, 0.3) is 0 Å². The summed E-state index contributed by atoms with van der Waals surface area (Å²) in [6, 6.07) is 13.2. The molecule has 1 aromatic heterocycles. The van der Waals surface area contributed by atoms with Crippen molar-refractivity contribution in [3.05, 3.63) is 53.0 Å². The second kappa shape index (κ2) is 7.36. The number of rotatable bonds is 6. The first kappa shape index (κ1) is 17.0. The topological polar surface area (TPSA) is 68.7 Å². The molecule has 1 heterocycles. The Bertz CT molecular complexity index is 913. The average Bonchev–Trinajstić information content (AvgIpc) is 3.04. The summed E-state index contributed by atoms with van der Waals surface area (Å²) in [6.07, 6.45) is 1.67. The van der Waals surface area contributed by atoms with Gasteiger partial charge in [0, 0.05) is 5.56 Å². The second-order valence-corrected chi connectivity index (χ2v) is 6.34. The molecule has 0 bridgehead atoms. The van der Waals surface area contributed by atoms with Crippen molar-refractivity contribution in [1.29, 1.82) is 0 Å². The molecule has 0 amide bonds. The maximum absolute atomic E-state index is 11.3. The van der Waals surface area contributed by atoms with E-state index in [4.69, 9.17) is 9.47 Å². The van der Waals surface area contributed by atoms with Crippen molar-refractivity contribution in [3.63, 3.8) is 0 Å². The van der Waals surface area contributed by atoms with Crippen molar-refractivity contribution in [2.24, 2.45) is 0 Å². The Labute approximate surface area is 149 Å². The lowest BCUT2D eigenvalue weighted by Gasteiger charge is -2.11. The minimum absolute atomic E-state index is 0.125. The summed E-state index contributed by atoms with van der Waals surface area (Å²) in [6.45, 7) is 0. The van der Waals surface area contributed by atoms with Gasteiger partial charge in [-0.2, -0.15) is 0 Å². The summed E-state index contributed by atoms with van der Waals surface area (Å²) < 4.78 is 11.8. The minimum Gasteiger partial charge on any atom is -0.493 e. The molecule has 128 valence electrons. The molecule has 0 saturated carbocycles. The third-order valence-corrected chi connectivity index (χ3v) is 4.79. The fraction of sp³-hybridized carbons (Fsp3) is 0.158. The zero-order chi connectivity index (χ0) is 17.8. The van der Waals surface area contributed by atoms with Crippen LogP contribution in [0.4, 0.5) is 0 Å². The number of ether oxygens (including phenoxy) is 2. The quantitative estimate of drug-likeness (QED) is 0.713. The van der Waals surface area contributed by atoms with Crippen molar-refractivity contribution >= 4 is 39.2 Å². The van der Waals surface area contributed by atoms with E-state index in [1.165, 1.54) is 11.3 Å². The molecule has 0 aliphatic carbocycles. The number of aliphatic carboxylic acids is 1.